The largest absolute Gasteiger partial charge is 0.465 e. The number of carboxylic acid groups (broad SMARTS) is 1. The molecule has 0 fully saturated rings. The zero-order valence-electron chi connectivity index (χ0n) is 11.6. The van der Waals surface area contributed by atoms with Gasteiger partial charge in [-0.15, -0.1) is 11.3 Å². The minimum absolute atomic E-state index is 0.327. The van der Waals surface area contributed by atoms with E-state index in [-0.39, 0.29) is 6.03 Å². The van der Waals surface area contributed by atoms with E-state index >= 15 is 0 Å². The van der Waals surface area contributed by atoms with Crippen molar-refractivity contribution in [3.63, 3.8) is 0 Å². The highest BCUT2D eigenvalue weighted by atomic mass is 32.1. The van der Waals surface area contributed by atoms with E-state index < -0.39 is 6.09 Å². The lowest BCUT2D eigenvalue weighted by molar-refractivity contribution is 0.209. The second-order valence-corrected chi connectivity index (χ2v) is 5.44. The van der Waals surface area contributed by atoms with Crippen molar-refractivity contribution in [2.45, 2.75) is 0 Å². The molecular formula is C14H15N3O3S. The van der Waals surface area contributed by atoms with E-state index in [1.54, 1.807) is 37.6 Å². The van der Waals surface area contributed by atoms with Gasteiger partial charge in [-0.3, -0.25) is 5.32 Å². The van der Waals surface area contributed by atoms with Crippen molar-refractivity contribution in [2.24, 2.45) is 0 Å². The number of nitrogens with one attached hydrogen (secondary N) is 2. The number of nitrogens with zero attached hydrogens (tertiary/aromatic N) is 1. The smallest absolute Gasteiger partial charge is 0.409 e. The van der Waals surface area contributed by atoms with Crippen LogP contribution in [0, 0.1) is 0 Å². The van der Waals surface area contributed by atoms with E-state index in [1.807, 2.05) is 23.6 Å². The minimum Gasteiger partial charge on any atom is -0.465 e. The van der Waals surface area contributed by atoms with Gasteiger partial charge in [-0.1, -0.05) is 12.1 Å². The van der Waals surface area contributed by atoms with Crippen LogP contribution in [0.3, 0.4) is 0 Å². The molecule has 2 rings (SSSR count). The zero-order chi connectivity index (χ0) is 15.4. The van der Waals surface area contributed by atoms with Gasteiger partial charge in [-0.25, -0.2) is 9.59 Å². The summed E-state index contributed by atoms with van der Waals surface area (Å²) in [7, 11) is 3.23. The fourth-order valence-electron chi connectivity index (χ4n) is 1.69. The molecule has 0 aliphatic heterocycles. The first kappa shape index (κ1) is 14.9. The molecule has 0 atom stereocenters. The maximum atomic E-state index is 11.8. The molecule has 1 heterocycles. The molecule has 3 amide bonds. The number of hydrogen-bond acceptors (Lipinski definition) is 3. The Bertz CT molecular complexity index is 653. The molecule has 0 aliphatic rings. The van der Waals surface area contributed by atoms with E-state index in [2.05, 4.69) is 10.6 Å². The summed E-state index contributed by atoms with van der Waals surface area (Å²) in [6, 6.07) is 8.75. The number of urea groups is 1. The SMILES string of the molecule is CN(C)C(=O)Nc1cc(-c2cccs2)ccc1NC(=O)O. The molecule has 0 bridgehead atoms. The van der Waals surface area contributed by atoms with Crippen LogP contribution < -0.4 is 10.6 Å². The number of carbonyl (C=O) groups excluding carboxylic acids is 1. The van der Waals surface area contributed by atoms with Gasteiger partial charge in [0.2, 0.25) is 0 Å². The standard InChI is InChI=1S/C14H15N3O3S/c1-17(2)13(18)15-11-8-9(12-4-3-7-21-12)5-6-10(11)16-14(19)20/h3-8,16H,1-2H3,(H,15,18)(H,19,20). The molecule has 6 nitrogen and oxygen atoms in total. The van der Waals surface area contributed by atoms with Gasteiger partial charge in [0.15, 0.2) is 0 Å². The predicted molar refractivity (Wildman–Crippen MR) is 84.1 cm³/mol. The summed E-state index contributed by atoms with van der Waals surface area (Å²) in [6.07, 6.45) is -1.18. The van der Waals surface area contributed by atoms with E-state index in [0.29, 0.717) is 11.4 Å². The fourth-order valence-corrected chi connectivity index (χ4v) is 2.42. The van der Waals surface area contributed by atoms with E-state index in [4.69, 9.17) is 5.11 Å². The van der Waals surface area contributed by atoms with Crippen molar-refractivity contribution in [1.82, 2.24) is 4.90 Å². The Morgan fingerprint density at radius 2 is 1.90 bits per heavy atom. The molecule has 0 spiro atoms. The number of amides is 3. The lowest BCUT2D eigenvalue weighted by atomic mass is 10.1. The van der Waals surface area contributed by atoms with Gasteiger partial charge in [0.25, 0.3) is 0 Å². The number of hydrogen-bond donors (Lipinski definition) is 3. The van der Waals surface area contributed by atoms with Crippen LogP contribution in [-0.2, 0) is 0 Å². The Kier molecular flexibility index (Phi) is 4.44. The van der Waals surface area contributed by atoms with Gasteiger partial charge in [-0.2, -0.15) is 0 Å². The van der Waals surface area contributed by atoms with Crippen molar-refractivity contribution in [2.75, 3.05) is 24.7 Å². The Hall–Kier alpha value is -2.54. The van der Waals surface area contributed by atoms with Crippen molar-refractivity contribution in [3.8, 4) is 10.4 Å². The first-order valence-corrected chi connectivity index (χ1v) is 7.01. The van der Waals surface area contributed by atoms with Crippen LogP contribution in [0.25, 0.3) is 10.4 Å². The Morgan fingerprint density at radius 3 is 2.48 bits per heavy atom. The molecule has 0 radical (unpaired) electrons. The second kappa shape index (κ2) is 6.27. The lowest BCUT2D eigenvalue weighted by Crippen LogP contribution is -2.27. The summed E-state index contributed by atoms with van der Waals surface area (Å²) in [4.78, 5) is 25.0. The van der Waals surface area contributed by atoms with Crippen molar-refractivity contribution in [1.29, 1.82) is 0 Å². The number of benzene rings is 1. The van der Waals surface area contributed by atoms with Crippen molar-refractivity contribution < 1.29 is 14.7 Å². The van der Waals surface area contributed by atoms with Gasteiger partial charge in [0.05, 0.1) is 11.4 Å². The van der Waals surface area contributed by atoms with E-state index in [0.717, 1.165) is 10.4 Å². The molecule has 2 aromatic rings. The van der Waals surface area contributed by atoms with Crippen LogP contribution >= 0.6 is 11.3 Å². The highest BCUT2D eigenvalue weighted by molar-refractivity contribution is 7.13. The molecule has 1 aromatic heterocycles. The van der Waals surface area contributed by atoms with Gasteiger partial charge in [-0.05, 0) is 29.1 Å². The first-order chi connectivity index (χ1) is 9.97. The first-order valence-electron chi connectivity index (χ1n) is 6.13. The summed E-state index contributed by atoms with van der Waals surface area (Å²) < 4.78 is 0. The summed E-state index contributed by atoms with van der Waals surface area (Å²) in [5.74, 6) is 0. The summed E-state index contributed by atoms with van der Waals surface area (Å²) in [5.41, 5.74) is 1.66. The monoisotopic (exact) mass is 305 g/mol. The quantitative estimate of drug-likeness (QED) is 0.810. The Morgan fingerprint density at radius 1 is 1.14 bits per heavy atom. The van der Waals surface area contributed by atoms with Crippen molar-refractivity contribution in [3.05, 3.63) is 35.7 Å². The molecule has 21 heavy (non-hydrogen) atoms. The second-order valence-electron chi connectivity index (χ2n) is 4.49. The zero-order valence-corrected chi connectivity index (χ0v) is 12.4. The van der Waals surface area contributed by atoms with Crippen LogP contribution in [0.2, 0.25) is 0 Å². The maximum absolute atomic E-state index is 11.8. The molecule has 0 saturated carbocycles. The lowest BCUT2D eigenvalue weighted by Gasteiger charge is -2.15. The van der Waals surface area contributed by atoms with Crippen LogP contribution in [0.4, 0.5) is 21.0 Å². The fraction of sp³-hybridized carbons (Fsp3) is 0.143. The summed E-state index contributed by atoms with van der Waals surface area (Å²) in [6.45, 7) is 0. The molecule has 3 N–H and O–H groups in total. The maximum Gasteiger partial charge on any atom is 0.409 e. The summed E-state index contributed by atoms with van der Waals surface area (Å²) in [5, 5.41) is 15.8. The molecule has 1 aromatic carbocycles. The van der Waals surface area contributed by atoms with Crippen LogP contribution in [-0.4, -0.2) is 36.2 Å². The average Bonchev–Trinajstić information content (AvgIpc) is 2.94. The molecule has 0 aliphatic carbocycles. The average molecular weight is 305 g/mol. The third kappa shape index (κ3) is 3.73. The highest BCUT2D eigenvalue weighted by Gasteiger charge is 2.12. The van der Waals surface area contributed by atoms with Crippen LogP contribution in [0.1, 0.15) is 0 Å². The number of carbonyl (C=O) groups is 2. The van der Waals surface area contributed by atoms with Gasteiger partial charge < -0.3 is 15.3 Å². The summed E-state index contributed by atoms with van der Waals surface area (Å²) >= 11 is 1.57. The predicted octanol–water partition coefficient (Wildman–Crippen LogP) is 3.60. The molecule has 0 saturated heterocycles. The molecule has 0 unspecified atom stereocenters. The van der Waals surface area contributed by atoms with Gasteiger partial charge >= 0.3 is 12.1 Å². The van der Waals surface area contributed by atoms with Crippen molar-refractivity contribution >= 4 is 34.8 Å². The molecular weight excluding hydrogens is 290 g/mol. The highest BCUT2D eigenvalue weighted by Crippen LogP contribution is 2.31. The topological polar surface area (TPSA) is 81.7 Å². The minimum atomic E-state index is -1.18. The van der Waals surface area contributed by atoms with Gasteiger partial charge in [0.1, 0.15) is 0 Å². The number of anilines is 2. The van der Waals surface area contributed by atoms with E-state index in [1.165, 1.54) is 4.90 Å². The van der Waals surface area contributed by atoms with Crippen LogP contribution in [0.15, 0.2) is 35.7 Å². The molecule has 110 valence electrons. The third-order valence-electron chi connectivity index (χ3n) is 2.71. The van der Waals surface area contributed by atoms with E-state index in [9.17, 15) is 9.59 Å². The Labute approximate surface area is 126 Å². The third-order valence-corrected chi connectivity index (χ3v) is 3.63. The van der Waals surface area contributed by atoms with Gasteiger partial charge in [0, 0.05) is 19.0 Å². The number of thiophene rings is 1. The normalized spacial score (nSPS) is 10.0. The molecule has 7 heteroatoms. The number of rotatable bonds is 3. The Balaban J connectivity index is 2.38. The van der Waals surface area contributed by atoms with Crippen LogP contribution in [0.5, 0.6) is 0 Å².